The molecule has 2 amide bonds. The van der Waals surface area contributed by atoms with Crippen molar-refractivity contribution in [2.75, 3.05) is 13.2 Å². The number of likely N-dealkylation sites (tertiary alicyclic amines) is 1. The fourth-order valence-corrected chi connectivity index (χ4v) is 2.91. The van der Waals surface area contributed by atoms with Crippen LogP contribution in [0.1, 0.15) is 38.5 Å². The fraction of sp³-hybridized carbons (Fsp3) is 0.692. The van der Waals surface area contributed by atoms with Gasteiger partial charge < -0.3 is 4.74 Å². The molecule has 2 aliphatic rings. The van der Waals surface area contributed by atoms with E-state index in [-0.39, 0.29) is 17.9 Å². The zero-order valence-electron chi connectivity index (χ0n) is 10.1. The van der Waals surface area contributed by atoms with Crippen molar-refractivity contribution >= 4 is 12.0 Å². The maximum Gasteiger partial charge on any atom is 0.416 e. The number of nitrogens with zero attached hydrogens (tertiary/aromatic N) is 1. The van der Waals surface area contributed by atoms with E-state index in [1.165, 1.54) is 30.2 Å². The molecule has 4 nitrogen and oxygen atoms in total. The first-order chi connectivity index (χ1) is 8.17. The molecule has 4 heteroatoms. The van der Waals surface area contributed by atoms with Gasteiger partial charge in [0.1, 0.15) is 6.61 Å². The minimum absolute atomic E-state index is 0.0442. The van der Waals surface area contributed by atoms with Crippen molar-refractivity contribution in [2.45, 2.75) is 38.5 Å². The van der Waals surface area contributed by atoms with Crippen LogP contribution in [0.5, 0.6) is 0 Å². The Morgan fingerprint density at radius 3 is 2.76 bits per heavy atom. The molecule has 0 aromatic heterocycles. The first-order valence-electron chi connectivity index (χ1n) is 6.25. The molecule has 1 spiro atoms. The van der Waals surface area contributed by atoms with Gasteiger partial charge in [0, 0.05) is 13.0 Å². The van der Waals surface area contributed by atoms with Crippen LogP contribution >= 0.6 is 0 Å². The summed E-state index contributed by atoms with van der Waals surface area (Å²) in [4.78, 5) is 24.8. The van der Waals surface area contributed by atoms with Crippen LogP contribution in [0.25, 0.3) is 0 Å². The number of hydrogen-bond donors (Lipinski definition) is 0. The number of carbonyl (C=O) groups excluding carboxylic acids is 2. The van der Waals surface area contributed by atoms with Crippen LogP contribution in [0.2, 0.25) is 0 Å². The summed E-state index contributed by atoms with van der Waals surface area (Å²) in [6.07, 6.45) is 7.21. The summed E-state index contributed by atoms with van der Waals surface area (Å²) < 4.78 is 4.93. The van der Waals surface area contributed by atoms with E-state index >= 15 is 0 Å². The predicted molar refractivity (Wildman–Crippen MR) is 63.4 cm³/mol. The summed E-state index contributed by atoms with van der Waals surface area (Å²) in [6.45, 7) is 4.19. The molecule has 2 rings (SSSR count). The highest BCUT2D eigenvalue weighted by Crippen LogP contribution is 2.44. The summed E-state index contributed by atoms with van der Waals surface area (Å²) in [6, 6.07) is 0. The van der Waals surface area contributed by atoms with Crippen molar-refractivity contribution in [3.8, 4) is 0 Å². The van der Waals surface area contributed by atoms with Crippen LogP contribution in [-0.2, 0) is 9.53 Å². The molecule has 1 aliphatic heterocycles. The van der Waals surface area contributed by atoms with Crippen molar-refractivity contribution in [3.05, 3.63) is 12.7 Å². The molecule has 1 saturated carbocycles. The molecule has 1 heterocycles. The molecule has 0 atom stereocenters. The second-order valence-electron chi connectivity index (χ2n) is 5.08. The third-order valence-corrected chi connectivity index (χ3v) is 3.78. The Bertz CT molecular complexity index is 332. The number of imide groups is 1. The van der Waals surface area contributed by atoms with Gasteiger partial charge in [-0.05, 0) is 18.3 Å². The number of hydrogen-bond acceptors (Lipinski definition) is 3. The van der Waals surface area contributed by atoms with Gasteiger partial charge in [0.05, 0.1) is 0 Å². The molecule has 0 radical (unpaired) electrons. The molecule has 0 unspecified atom stereocenters. The lowest BCUT2D eigenvalue weighted by molar-refractivity contribution is -0.126. The number of amides is 2. The smallest absolute Gasteiger partial charge is 0.416 e. The number of ether oxygens (including phenoxy) is 1. The third-order valence-electron chi connectivity index (χ3n) is 3.78. The summed E-state index contributed by atoms with van der Waals surface area (Å²) in [5.41, 5.74) is 0.0442. The van der Waals surface area contributed by atoms with Gasteiger partial charge in [-0.25, -0.2) is 9.69 Å². The van der Waals surface area contributed by atoms with Gasteiger partial charge in [-0.1, -0.05) is 31.9 Å². The first-order valence-corrected chi connectivity index (χ1v) is 6.25. The van der Waals surface area contributed by atoms with Crippen molar-refractivity contribution in [1.29, 1.82) is 0 Å². The summed E-state index contributed by atoms with van der Waals surface area (Å²) in [5.74, 6) is -0.0824. The Hall–Kier alpha value is -1.32. The van der Waals surface area contributed by atoms with Crippen LogP contribution in [0.15, 0.2) is 12.7 Å². The van der Waals surface area contributed by atoms with E-state index in [0.717, 1.165) is 12.8 Å². The fourth-order valence-electron chi connectivity index (χ4n) is 2.91. The van der Waals surface area contributed by atoms with E-state index in [0.29, 0.717) is 13.0 Å². The average molecular weight is 237 g/mol. The summed E-state index contributed by atoms with van der Waals surface area (Å²) in [7, 11) is 0. The Morgan fingerprint density at radius 1 is 1.41 bits per heavy atom. The highest BCUT2D eigenvalue weighted by atomic mass is 16.6. The van der Waals surface area contributed by atoms with E-state index < -0.39 is 6.09 Å². The minimum atomic E-state index is -0.516. The van der Waals surface area contributed by atoms with Crippen molar-refractivity contribution in [2.24, 2.45) is 5.41 Å². The maximum atomic E-state index is 11.9. The van der Waals surface area contributed by atoms with E-state index in [1.54, 1.807) is 0 Å². The van der Waals surface area contributed by atoms with Crippen LogP contribution in [0.4, 0.5) is 4.79 Å². The summed E-state index contributed by atoms with van der Waals surface area (Å²) >= 11 is 0. The molecule has 0 N–H and O–H groups in total. The Kier molecular flexibility index (Phi) is 3.50. The highest BCUT2D eigenvalue weighted by Gasteiger charge is 2.46. The molecule has 94 valence electrons. The van der Waals surface area contributed by atoms with Crippen LogP contribution in [0, 0.1) is 5.41 Å². The van der Waals surface area contributed by atoms with Crippen LogP contribution in [-0.4, -0.2) is 30.1 Å². The van der Waals surface area contributed by atoms with Gasteiger partial charge >= 0.3 is 6.09 Å². The predicted octanol–water partition coefficient (Wildman–Crippen LogP) is 2.49. The molecular formula is C13H19NO3. The lowest BCUT2D eigenvalue weighted by Gasteiger charge is -2.31. The zero-order valence-corrected chi connectivity index (χ0v) is 10.1. The average Bonchev–Trinajstić information content (AvgIpc) is 2.64. The first kappa shape index (κ1) is 12.1. The zero-order chi connectivity index (χ0) is 12.3. The Balaban J connectivity index is 1.98. The van der Waals surface area contributed by atoms with Crippen molar-refractivity contribution < 1.29 is 14.3 Å². The maximum absolute atomic E-state index is 11.9. The van der Waals surface area contributed by atoms with Gasteiger partial charge in [0.15, 0.2) is 0 Å². The molecule has 0 bridgehead atoms. The normalized spacial score (nSPS) is 22.8. The van der Waals surface area contributed by atoms with Gasteiger partial charge in [-0.15, -0.1) is 0 Å². The lowest BCUT2D eigenvalue weighted by atomic mass is 9.73. The van der Waals surface area contributed by atoms with Gasteiger partial charge in [0.2, 0.25) is 5.91 Å². The molecule has 1 aliphatic carbocycles. The van der Waals surface area contributed by atoms with E-state index in [4.69, 9.17) is 4.74 Å². The molecule has 1 saturated heterocycles. The van der Waals surface area contributed by atoms with Gasteiger partial charge in [0.25, 0.3) is 0 Å². The molecule has 0 aromatic rings. The third kappa shape index (κ3) is 2.51. The Labute approximate surface area is 102 Å². The number of carbonyl (C=O) groups is 2. The van der Waals surface area contributed by atoms with Crippen molar-refractivity contribution in [1.82, 2.24) is 4.90 Å². The number of rotatable bonds is 2. The summed E-state index contributed by atoms with van der Waals surface area (Å²) in [5, 5.41) is 0. The topological polar surface area (TPSA) is 46.6 Å². The second-order valence-corrected chi connectivity index (χ2v) is 5.08. The SMILES string of the molecule is C=CCOC(=O)N1CC2(CCCCC2)CC1=O. The largest absolute Gasteiger partial charge is 0.445 e. The van der Waals surface area contributed by atoms with E-state index in [1.807, 2.05) is 0 Å². The van der Waals surface area contributed by atoms with Crippen molar-refractivity contribution in [3.63, 3.8) is 0 Å². The molecule has 2 fully saturated rings. The quantitative estimate of drug-likeness (QED) is 0.693. The van der Waals surface area contributed by atoms with Crippen LogP contribution < -0.4 is 0 Å². The molecule has 17 heavy (non-hydrogen) atoms. The van der Waals surface area contributed by atoms with E-state index in [9.17, 15) is 9.59 Å². The Morgan fingerprint density at radius 2 is 2.12 bits per heavy atom. The second kappa shape index (κ2) is 4.90. The lowest BCUT2D eigenvalue weighted by Crippen LogP contribution is -2.35. The standard InChI is InChI=1S/C13H19NO3/c1-2-8-17-12(16)14-10-13(9-11(14)15)6-4-3-5-7-13/h2H,1,3-10H2. The van der Waals surface area contributed by atoms with Crippen LogP contribution in [0.3, 0.4) is 0 Å². The van der Waals surface area contributed by atoms with Gasteiger partial charge in [-0.2, -0.15) is 0 Å². The molecule has 0 aromatic carbocycles. The van der Waals surface area contributed by atoms with E-state index in [2.05, 4.69) is 6.58 Å². The minimum Gasteiger partial charge on any atom is -0.445 e. The monoisotopic (exact) mass is 237 g/mol. The molecular weight excluding hydrogens is 218 g/mol. The van der Waals surface area contributed by atoms with Gasteiger partial charge in [-0.3, -0.25) is 4.79 Å². The highest BCUT2D eigenvalue weighted by molar-refractivity contribution is 5.94.